The lowest BCUT2D eigenvalue weighted by Crippen LogP contribution is -2.24. The predicted molar refractivity (Wildman–Crippen MR) is 74.3 cm³/mol. The van der Waals surface area contributed by atoms with Gasteiger partial charge in [-0.3, -0.25) is 4.98 Å². The summed E-state index contributed by atoms with van der Waals surface area (Å²) in [6.45, 7) is 2.53. The second-order valence-electron chi connectivity index (χ2n) is 4.40. The van der Waals surface area contributed by atoms with Crippen LogP contribution >= 0.6 is 0 Å². The van der Waals surface area contributed by atoms with Crippen LogP contribution in [0, 0.1) is 11.6 Å². The normalized spacial score (nSPS) is 10.4. The minimum Gasteiger partial charge on any atom is -0.478 e. The molecule has 0 aliphatic heterocycles. The first-order valence-corrected chi connectivity index (χ1v) is 6.40. The number of rotatable bonds is 5. The van der Waals surface area contributed by atoms with Crippen molar-refractivity contribution in [1.82, 2.24) is 4.98 Å². The number of pyridine rings is 1. The first kappa shape index (κ1) is 14.9. The Morgan fingerprint density at radius 1 is 1.24 bits per heavy atom. The number of carboxylic acid groups (broad SMARTS) is 1. The second-order valence-corrected chi connectivity index (χ2v) is 4.40. The van der Waals surface area contributed by atoms with Crippen molar-refractivity contribution in [1.29, 1.82) is 0 Å². The highest BCUT2D eigenvalue weighted by Gasteiger charge is 2.20. The molecule has 4 nitrogen and oxygen atoms in total. The van der Waals surface area contributed by atoms with Gasteiger partial charge in [0.25, 0.3) is 0 Å². The summed E-state index contributed by atoms with van der Waals surface area (Å²) in [5, 5.41) is 8.78. The number of nitrogens with zero attached hydrogens (tertiary/aromatic N) is 2. The molecule has 0 atom stereocenters. The van der Waals surface area contributed by atoms with E-state index in [1.54, 1.807) is 36.2 Å². The van der Waals surface area contributed by atoms with E-state index in [0.29, 0.717) is 18.8 Å². The van der Waals surface area contributed by atoms with Crippen LogP contribution in [0.2, 0.25) is 0 Å². The Morgan fingerprint density at radius 2 is 2.00 bits per heavy atom. The molecule has 1 N–H and O–H groups in total. The highest BCUT2D eigenvalue weighted by molar-refractivity contribution is 5.88. The number of aromatic nitrogens is 1. The topological polar surface area (TPSA) is 53.4 Å². The Morgan fingerprint density at radius 3 is 2.57 bits per heavy atom. The lowest BCUT2D eigenvalue weighted by Gasteiger charge is -2.23. The fourth-order valence-corrected chi connectivity index (χ4v) is 2.00. The van der Waals surface area contributed by atoms with Crippen molar-refractivity contribution in [2.75, 3.05) is 11.4 Å². The van der Waals surface area contributed by atoms with Gasteiger partial charge in [-0.15, -0.1) is 0 Å². The smallest absolute Gasteiger partial charge is 0.338 e. The molecule has 0 fully saturated rings. The summed E-state index contributed by atoms with van der Waals surface area (Å²) >= 11 is 0. The van der Waals surface area contributed by atoms with Crippen molar-refractivity contribution >= 4 is 11.7 Å². The number of hydrogen-bond donors (Lipinski definition) is 1. The molecule has 0 saturated carbocycles. The largest absolute Gasteiger partial charge is 0.478 e. The summed E-state index contributed by atoms with van der Waals surface area (Å²) in [5.74, 6) is -4.00. The van der Waals surface area contributed by atoms with Crippen LogP contribution in [0.15, 0.2) is 36.5 Å². The molecule has 1 aromatic carbocycles. The molecule has 2 rings (SSSR count). The summed E-state index contributed by atoms with van der Waals surface area (Å²) in [5.41, 5.74) is 0.0530. The highest BCUT2D eigenvalue weighted by Crippen LogP contribution is 2.25. The monoisotopic (exact) mass is 292 g/mol. The van der Waals surface area contributed by atoms with Crippen molar-refractivity contribution in [3.63, 3.8) is 0 Å². The van der Waals surface area contributed by atoms with E-state index in [1.165, 1.54) is 6.07 Å². The van der Waals surface area contributed by atoms with Gasteiger partial charge in [-0.25, -0.2) is 13.6 Å². The third-order valence-corrected chi connectivity index (χ3v) is 3.09. The third kappa shape index (κ3) is 3.16. The van der Waals surface area contributed by atoms with Crippen LogP contribution in [-0.2, 0) is 6.54 Å². The summed E-state index contributed by atoms with van der Waals surface area (Å²) in [6, 6.07) is 7.69. The van der Waals surface area contributed by atoms with E-state index in [-0.39, 0.29) is 5.69 Å². The Balaban J connectivity index is 2.35. The quantitative estimate of drug-likeness (QED) is 0.920. The van der Waals surface area contributed by atoms with Gasteiger partial charge in [-0.2, -0.15) is 0 Å². The van der Waals surface area contributed by atoms with Crippen molar-refractivity contribution in [3.05, 3.63) is 59.4 Å². The molecule has 0 saturated heterocycles. The number of aromatic carboxylic acids is 1. The number of benzene rings is 1. The van der Waals surface area contributed by atoms with Gasteiger partial charge < -0.3 is 10.0 Å². The average molecular weight is 292 g/mol. The first-order chi connectivity index (χ1) is 10.0. The maximum atomic E-state index is 14.1. The average Bonchev–Trinajstić information content (AvgIpc) is 2.48. The van der Waals surface area contributed by atoms with Gasteiger partial charge in [-0.1, -0.05) is 6.07 Å². The fourth-order valence-electron chi connectivity index (χ4n) is 2.00. The van der Waals surface area contributed by atoms with Gasteiger partial charge in [-0.05, 0) is 31.2 Å². The third-order valence-electron chi connectivity index (χ3n) is 3.09. The van der Waals surface area contributed by atoms with Crippen LogP contribution < -0.4 is 4.90 Å². The number of hydrogen-bond acceptors (Lipinski definition) is 3. The molecule has 0 unspecified atom stereocenters. The summed E-state index contributed by atoms with van der Waals surface area (Å²) in [7, 11) is 0. The van der Waals surface area contributed by atoms with E-state index in [0.717, 1.165) is 6.07 Å². The van der Waals surface area contributed by atoms with Crippen LogP contribution in [-0.4, -0.2) is 22.6 Å². The standard InChI is InChI=1S/C15H14F2N2O2/c1-2-19(9-10-5-3-4-8-18-10)12-7-6-11(15(20)21)13(16)14(12)17/h3-8H,2,9H2,1H3,(H,20,21). The first-order valence-electron chi connectivity index (χ1n) is 6.40. The second kappa shape index (κ2) is 6.30. The summed E-state index contributed by atoms with van der Waals surface area (Å²) < 4.78 is 27.8. The minimum absolute atomic E-state index is 0.0191. The molecule has 1 heterocycles. The van der Waals surface area contributed by atoms with Gasteiger partial charge in [0.05, 0.1) is 23.5 Å². The molecule has 21 heavy (non-hydrogen) atoms. The molecule has 0 aliphatic rings. The van der Waals surface area contributed by atoms with Crippen LogP contribution in [0.1, 0.15) is 23.0 Å². The molecule has 2 aromatic rings. The van der Waals surface area contributed by atoms with E-state index in [9.17, 15) is 13.6 Å². The molecule has 6 heteroatoms. The molecule has 0 radical (unpaired) electrons. The van der Waals surface area contributed by atoms with Gasteiger partial charge >= 0.3 is 5.97 Å². The van der Waals surface area contributed by atoms with Crippen LogP contribution in [0.4, 0.5) is 14.5 Å². The van der Waals surface area contributed by atoms with Crippen LogP contribution in [0.5, 0.6) is 0 Å². The lowest BCUT2D eigenvalue weighted by molar-refractivity contribution is 0.0690. The molecule has 0 bridgehead atoms. The Bertz CT molecular complexity index is 648. The van der Waals surface area contributed by atoms with E-state index in [1.807, 2.05) is 0 Å². The van der Waals surface area contributed by atoms with Crippen molar-refractivity contribution in [2.45, 2.75) is 13.5 Å². The van der Waals surface area contributed by atoms with Crippen molar-refractivity contribution in [2.24, 2.45) is 0 Å². The Hall–Kier alpha value is -2.50. The van der Waals surface area contributed by atoms with E-state index in [4.69, 9.17) is 5.11 Å². The Labute approximate surface area is 120 Å². The van der Waals surface area contributed by atoms with Gasteiger partial charge in [0.1, 0.15) is 0 Å². The number of carbonyl (C=O) groups is 1. The van der Waals surface area contributed by atoms with Gasteiger partial charge in [0.15, 0.2) is 11.6 Å². The molecule has 1 aromatic heterocycles. The lowest BCUT2D eigenvalue weighted by atomic mass is 10.1. The molecule has 0 aliphatic carbocycles. The number of halogens is 2. The zero-order valence-electron chi connectivity index (χ0n) is 11.4. The SMILES string of the molecule is CCN(Cc1ccccn1)c1ccc(C(=O)O)c(F)c1F. The van der Waals surface area contributed by atoms with E-state index < -0.39 is 23.2 Å². The Kier molecular flexibility index (Phi) is 4.47. The summed E-state index contributed by atoms with van der Waals surface area (Å²) in [6.07, 6.45) is 1.62. The molecule has 0 spiro atoms. The molecular formula is C15H14F2N2O2. The highest BCUT2D eigenvalue weighted by atomic mass is 19.2. The fraction of sp³-hybridized carbons (Fsp3) is 0.200. The van der Waals surface area contributed by atoms with Gasteiger partial charge in [0, 0.05) is 12.7 Å². The summed E-state index contributed by atoms with van der Waals surface area (Å²) in [4.78, 5) is 16.5. The minimum atomic E-state index is -1.49. The van der Waals surface area contributed by atoms with Gasteiger partial charge in [0.2, 0.25) is 0 Å². The zero-order chi connectivity index (χ0) is 15.4. The number of anilines is 1. The maximum absolute atomic E-state index is 14.1. The molecule has 110 valence electrons. The maximum Gasteiger partial charge on any atom is 0.338 e. The van der Waals surface area contributed by atoms with Crippen molar-refractivity contribution < 1.29 is 18.7 Å². The van der Waals surface area contributed by atoms with Crippen LogP contribution in [0.25, 0.3) is 0 Å². The van der Waals surface area contributed by atoms with Crippen LogP contribution in [0.3, 0.4) is 0 Å². The molecular weight excluding hydrogens is 278 g/mol. The molecule has 0 amide bonds. The predicted octanol–water partition coefficient (Wildman–Crippen LogP) is 3.08. The number of carboxylic acids is 1. The zero-order valence-corrected chi connectivity index (χ0v) is 11.4. The van der Waals surface area contributed by atoms with E-state index >= 15 is 0 Å². The van der Waals surface area contributed by atoms with E-state index in [2.05, 4.69) is 4.98 Å². The van der Waals surface area contributed by atoms with Crippen molar-refractivity contribution in [3.8, 4) is 0 Å².